The van der Waals surface area contributed by atoms with Crippen LogP contribution in [-0.2, 0) is 0 Å². The van der Waals surface area contributed by atoms with Crippen molar-refractivity contribution in [1.29, 1.82) is 0 Å². The second kappa shape index (κ2) is 5.29. The molecule has 7 heteroatoms. The zero-order chi connectivity index (χ0) is 13.1. The first-order valence-corrected chi connectivity index (χ1v) is 5.74. The molecular formula is C11H10Cl2N4O. The number of aromatic nitrogens is 2. The fourth-order valence-corrected chi connectivity index (χ4v) is 1.68. The Labute approximate surface area is 114 Å². The lowest BCUT2D eigenvalue weighted by atomic mass is 10.3. The Morgan fingerprint density at radius 3 is 2.83 bits per heavy atom. The van der Waals surface area contributed by atoms with Gasteiger partial charge in [-0.15, -0.1) is 0 Å². The highest BCUT2D eigenvalue weighted by molar-refractivity contribution is 6.31. The van der Waals surface area contributed by atoms with Crippen molar-refractivity contribution < 1.29 is 4.74 Å². The molecule has 0 atom stereocenters. The number of hydrogen-bond donors (Lipinski definition) is 2. The number of rotatable bonds is 3. The van der Waals surface area contributed by atoms with E-state index in [1.54, 1.807) is 25.3 Å². The lowest BCUT2D eigenvalue weighted by Crippen LogP contribution is -2.02. The molecule has 5 nitrogen and oxygen atoms in total. The summed E-state index contributed by atoms with van der Waals surface area (Å²) >= 11 is 11.6. The van der Waals surface area contributed by atoms with Crippen LogP contribution < -0.4 is 15.8 Å². The van der Waals surface area contributed by atoms with Gasteiger partial charge in [-0.1, -0.05) is 11.6 Å². The summed E-state index contributed by atoms with van der Waals surface area (Å²) in [5.41, 5.74) is 6.77. The summed E-state index contributed by atoms with van der Waals surface area (Å²) in [5, 5.41) is 3.67. The van der Waals surface area contributed by atoms with E-state index in [0.29, 0.717) is 28.0 Å². The van der Waals surface area contributed by atoms with Crippen LogP contribution in [0.15, 0.2) is 24.4 Å². The summed E-state index contributed by atoms with van der Waals surface area (Å²) in [5.74, 6) is 1.02. The van der Waals surface area contributed by atoms with E-state index in [1.807, 2.05) is 0 Å². The molecule has 0 amide bonds. The fraction of sp³-hybridized carbons (Fsp3) is 0.0909. The van der Waals surface area contributed by atoms with Crippen molar-refractivity contribution in [3.8, 4) is 5.75 Å². The summed E-state index contributed by atoms with van der Waals surface area (Å²) in [6.07, 6.45) is 1.43. The molecule has 1 heterocycles. The van der Waals surface area contributed by atoms with E-state index in [2.05, 4.69) is 15.3 Å². The van der Waals surface area contributed by atoms with Gasteiger partial charge in [-0.05, 0) is 29.8 Å². The molecular weight excluding hydrogens is 275 g/mol. The van der Waals surface area contributed by atoms with Gasteiger partial charge in [0.25, 0.3) is 0 Å². The number of anilines is 3. The highest BCUT2D eigenvalue weighted by Gasteiger charge is 2.08. The van der Waals surface area contributed by atoms with Crippen molar-refractivity contribution in [3.05, 3.63) is 34.7 Å². The first kappa shape index (κ1) is 12.7. The van der Waals surface area contributed by atoms with E-state index < -0.39 is 0 Å². The third-order valence-electron chi connectivity index (χ3n) is 2.20. The maximum Gasteiger partial charge on any atom is 0.224 e. The van der Waals surface area contributed by atoms with Crippen LogP contribution in [0, 0.1) is 0 Å². The first-order valence-electron chi connectivity index (χ1n) is 4.98. The molecule has 0 spiro atoms. The van der Waals surface area contributed by atoms with E-state index in [-0.39, 0.29) is 5.28 Å². The molecule has 0 aliphatic heterocycles. The third-order valence-corrected chi connectivity index (χ3v) is 2.62. The second-order valence-electron chi connectivity index (χ2n) is 3.41. The number of methoxy groups -OCH3 is 1. The molecule has 0 radical (unpaired) electrons. The zero-order valence-electron chi connectivity index (χ0n) is 9.45. The lowest BCUT2D eigenvalue weighted by molar-refractivity contribution is 0.417. The highest BCUT2D eigenvalue weighted by Crippen LogP contribution is 2.31. The van der Waals surface area contributed by atoms with Crippen molar-refractivity contribution in [2.24, 2.45) is 0 Å². The third kappa shape index (κ3) is 2.75. The Hall–Kier alpha value is -1.72. The van der Waals surface area contributed by atoms with Gasteiger partial charge in [0, 0.05) is 5.02 Å². The number of nitrogens with zero attached hydrogens (tertiary/aromatic N) is 2. The van der Waals surface area contributed by atoms with Crippen LogP contribution in [0.1, 0.15) is 0 Å². The van der Waals surface area contributed by atoms with Gasteiger partial charge in [-0.3, -0.25) is 0 Å². The molecule has 0 saturated heterocycles. The number of nitrogen functional groups attached to an aromatic ring is 1. The van der Waals surface area contributed by atoms with Crippen molar-refractivity contribution in [2.75, 3.05) is 18.2 Å². The van der Waals surface area contributed by atoms with Gasteiger partial charge < -0.3 is 15.8 Å². The van der Waals surface area contributed by atoms with Crippen LogP contribution in [0.25, 0.3) is 0 Å². The van der Waals surface area contributed by atoms with Gasteiger partial charge in [-0.25, -0.2) is 4.98 Å². The minimum Gasteiger partial charge on any atom is -0.495 e. The van der Waals surface area contributed by atoms with E-state index in [4.69, 9.17) is 33.7 Å². The molecule has 0 saturated carbocycles. The topological polar surface area (TPSA) is 73.1 Å². The molecule has 18 heavy (non-hydrogen) atoms. The maximum atomic E-state index is 5.93. The van der Waals surface area contributed by atoms with E-state index in [9.17, 15) is 0 Å². The van der Waals surface area contributed by atoms with Crippen molar-refractivity contribution in [1.82, 2.24) is 9.97 Å². The van der Waals surface area contributed by atoms with Crippen LogP contribution in [0.2, 0.25) is 10.3 Å². The maximum absolute atomic E-state index is 5.93. The van der Waals surface area contributed by atoms with Gasteiger partial charge in [-0.2, -0.15) is 4.98 Å². The SMILES string of the molecule is COc1ccc(Cl)cc1Nc1nc(Cl)ncc1N. The van der Waals surface area contributed by atoms with Crippen LogP contribution >= 0.6 is 23.2 Å². The number of ether oxygens (including phenoxy) is 1. The van der Waals surface area contributed by atoms with Gasteiger partial charge in [0.15, 0.2) is 5.82 Å². The Balaban J connectivity index is 2.38. The lowest BCUT2D eigenvalue weighted by Gasteiger charge is -2.12. The van der Waals surface area contributed by atoms with Gasteiger partial charge >= 0.3 is 0 Å². The molecule has 3 N–H and O–H groups in total. The van der Waals surface area contributed by atoms with Gasteiger partial charge in [0.05, 0.1) is 24.7 Å². The molecule has 1 aromatic carbocycles. The molecule has 1 aromatic heterocycles. The molecule has 0 aliphatic carbocycles. The second-order valence-corrected chi connectivity index (χ2v) is 4.19. The Kier molecular flexibility index (Phi) is 3.74. The van der Waals surface area contributed by atoms with Crippen molar-refractivity contribution in [2.45, 2.75) is 0 Å². The normalized spacial score (nSPS) is 10.2. The van der Waals surface area contributed by atoms with Crippen LogP contribution in [0.4, 0.5) is 17.2 Å². The number of hydrogen-bond acceptors (Lipinski definition) is 5. The molecule has 0 unspecified atom stereocenters. The number of nitrogens with one attached hydrogen (secondary N) is 1. The summed E-state index contributed by atoms with van der Waals surface area (Å²) in [6.45, 7) is 0. The number of benzene rings is 1. The predicted octanol–water partition coefficient (Wildman–Crippen LogP) is 3.12. The average molecular weight is 285 g/mol. The molecule has 2 rings (SSSR count). The molecule has 0 aliphatic rings. The Bertz CT molecular complexity index is 577. The standard InChI is InChI=1S/C11H10Cl2N4O/c1-18-9-3-2-6(12)4-8(9)16-10-7(14)5-15-11(13)17-10/h2-5H,14H2,1H3,(H,15,16,17). The predicted molar refractivity (Wildman–Crippen MR) is 72.7 cm³/mol. The van der Waals surface area contributed by atoms with Crippen LogP contribution in [0.5, 0.6) is 5.75 Å². The van der Waals surface area contributed by atoms with E-state index in [0.717, 1.165) is 0 Å². The molecule has 0 fully saturated rings. The van der Waals surface area contributed by atoms with Crippen LogP contribution in [0.3, 0.4) is 0 Å². The minimum absolute atomic E-state index is 0.104. The molecule has 0 bridgehead atoms. The van der Waals surface area contributed by atoms with Crippen molar-refractivity contribution >= 4 is 40.4 Å². The first-order chi connectivity index (χ1) is 8.60. The average Bonchev–Trinajstić information content (AvgIpc) is 2.34. The smallest absolute Gasteiger partial charge is 0.224 e. The minimum atomic E-state index is 0.104. The summed E-state index contributed by atoms with van der Waals surface area (Å²) in [6, 6.07) is 5.17. The summed E-state index contributed by atoms with van der Waals surface area (Å²) < 4.78 is 5.20. The number of halogens is 2. The highest BCUT2D eigenvalue weighted by atomic mass is 35.5. The van der Waals surface area contributed by atoms with Crippen molar-refractivity contribution in [3.63, 3.8) is 0 Å². The van der Waals surface area contributed by atoms with Crippen LogP contribution in [-0.4, -0.2) is 17.1 Å². The molecule has 2 aromatic rings. The molecule has 94 valence electrons. The fourth-order valence-electron chi connectivity index (χ4n) is 1.38. The summed E-state index contributed by atoms with van der Waals surface area (Å²) in [7, 11) is 1.56. The van der Waals surface area contributed by atoms with Gasteiger partial charge in [0.2, 0.25) is 5.28 Å². The van der Waals surface area contributed by atoms with E-state index >= 15 is 0 Å². The quantitative estimate of drug-likeness (QED) is 0.848. The zero-order valence-corrected chi connectivity index (χ0v) is 11.0. The largest absolute Gasteiger partial charge is 0.495 e. The van der Waals surface area contributed by atoms with Gasteiger partial charge in [0.1, 0.15) is 5.75 Å². The summed E-state index contributed by atoms with van der Waals surface area (Å²) in [4.78, 5) is 7.77. The number of nitrogens with two attached hydrogens (primary N) is 1. The Morgan fingerprint density at radius 1 is 1.33 bits per heavy atom. The van der Waals surface area contributed by atoms with E-state index in [1.165, 1.54) is 6.20 Å². The Morgan fingerprint density at radius 2 is 2.11 bits per heavy atom. The monoisotopic (exact) mass is 284 g/mol.